The Morgan fingerprint density at radius 2 is 1.89 bits per heavy atom. The topological polar surface area (TPSA) is 35.5 Å². The molecular formula is C13H11ClO3S. The highest BCUT2D eigenvalue weighted by Gasteiger charge is 2.15. The SMILES string of the molecule is COc1cc(C=O)c(-c2sccc2Cl)cc1OC. The van der Waals surface area contributed by atoms with Crippen molar-refractivity contribution in [2.45, 2.75) is 0 Å². The van der Waals surface area contributed by atoms with Crippen LogP contribution in [0.25, 0.3) is 10.4 Å². The van der Waals surface area contributed by atoms with Crippen LogP contribution in [0.2, 0.25) is 5.02 Å². The molecule has 0 bridgehead atoms. The van der Waals surface area contributed by atoms with E-state index >= 15 is 0 Å². The van der Waals surface area contributed by atoms with Crippen LogP contribution in [0.4, 0.5) is 0 Å². The monoisotopic (exact) mass is 282 g/mol. The van der Waals surface area contributed by atoms with Gasteiger partial charge in [-0.15, -0.1) is 11.3 Å². The molecule has 0 saturated carbocycles. The molecule has 0 atom stereocenters. The summed E-state index contributed by atoms with van der Waals surface area (Å²) in [6.45, 7) is 0. The van der Waals surface area contributed by atoms with Crippen molar-refractivity contribution in [3.8, 4) is 21.9 Å². The lowest BCUT2D eigenvalue weighted by molar-refractivity contribution is 0.112. The molecule has 1 aromatic carbocycles. The minimum Gasteiger partial charge on any atom is -0.493 e. The number of carbonyl (C=O) groups excluding carboxylic acids is 1. The fourth-order valence-electron chi connectivity index (χ4n) is 1.67. The van der Waals surface area contributed by atoms with Crippen molar-refractivity contribution in [1.82, 2.24) is 0 Å². The van der Waals surface area contributed by atoms with Crippen molar-refractivity contribution >= 4 is 29.2 Å². The van der Waals surface area contributed by atoms with Gasteiger partial charge in [-0.2, -0.15) is 0 Å². The molecule has 94 valence electrons. The van der Waals surface area contributed by atoms with Gasteiger partial charge in [0.05, 0.1) is 24.1 Å². The molecule has 0 saturated heterocycles. The highest BCUT2D eigenvalue weighted by molar-refractivity contribution is 7.14. The van der Waals surface area contributed by atoms with Crippen molar-refractivity contribution in [2.75, 3.05) is 14.2 Å². The van der Waals surface area contributed by atoms with Crippen LogP contribution in [0.5, 0.6) is 11.5 Å². The van der Waals surface area contributed by atoms with Gasteiger partial charge in [-0.1, -0.05) is 11.6 Å². The van der Waals surface area contributed by atoms with Gasteiger partial charge in [-0.3, -0.25) is 4.79 Å². The van der Waals surface area contributed by atoms with Gasteiger partial charge >= 0.3 is 0 Å². The van der Waals surface area contributed by atoms with Gasteiger partial charge in [0.15, 0.2) is 17.8 Å². The summed E-state index contributed by atoms with van der Waals surface area (Å²) < 4.78 is 10.4. The first kappa shape index (κ1) is 12.9. The zero-order valence-corrected chi connectivity index (χ0v) is 11.5. The highest BCUT2D eigenvalue weighted by Crippen LogP contribution is 2.40. The second-order valence-electron chi connectivity index (χ2n) is 3.51. The Morgan fingerprint density at radius 3 is 2.39 bits per heavy atom. The first-order valence-electron chi connectivity index (χ1n) is 5.15. The lowest BCUT2D eigenvalue weighted by Gasteiger charge is -2.11. The summed E-state index contributed by atoms with van der Waals surface area (Å²) in [5.41, 5.74) is 1.28. The van der Waals surface area contributed by atoms with E-state index in [4.69, 9.17) is 21.1 Å². The number of benzene rings is 1. The third-order valence-corrected chi connectivity index (χ3v) is 3.92. The molecule has 0 aliphatic carbocycles. The number of aldehydes is 1. The second kappa shape index (κ2) is 5.42. The van der Waals surface area contributed by atoms with Crippen molar-refractivity contribution in [1.29, 1.82) is 0 Å². The molecule has 1 aromatic heterocycles. The molecule has 0 N–H and O–H groups in total. The van der Waals surface area contributed by atoms with Crippen LogP contribution in [0.3, 0.4) is 0 Å². The van der Waals surface area contributed by atoms with Gasteiger partial charge in [0.1, 0.15) is 0 Å². The third-order valence-electron chi connectivity index (χ3n) is 2.54. The van der Waals surface area contributed by atoms with E-state index in [1.807, 2.05) is 5.38 Å². The summed E-state index contributed by atoms with van der Waals surface area (Å²) in [5.74, 6) is 1.10. The van der Waals surface area contributed by atoms with Crippen molar-refractivity contribution < 1.29 is 14.3 Å². The van der Waals surface area contributed by atoms with E-state index in [1.165, 1.54) is 18.4 Å². The second-order valence-corrected chi connectivity index (χ2v) is 4.83. The summed E-state index contributed by atoms with van der Waals surface area (Å²) in [7, 11) is 3.09. The Balaban J connectivity index is 2.66. The average molecular weight is 283 g/mol. The molecule has 0 aliphatic heterocycles. The largest absolute Gasteiger partial charge is 0.493 e. The first-order chi connectivity index (χ1) is 8.71. The van der Waals surface area contributed by atoms with Crippen LogP contribution < -0.4 is 9.47 Å². The number of thiophene rings is 1. The summed E-state index contributed by atoms with van der Waals surface area (Å²) in [5, 5.41) is 2.50. The number of ether oxygens (including phenoxy) is 2. The molecule has 0 unspecified atom stereocenters. The number of rotatable bonds is 4. The first-order valence-corrected chi connectivity index (χ1v) is 6.41. The van der Waals surface area contributed by atoms with Crippen LogP contribution in [-0.4, -0.2) is 20.5 Å². The highest BCUT2D eigenvalue weighted by atomic mass is 35.5. The molecule has 18 heavy (non-hydrogen) atoms. The van der Waals surface area contributed by atoms with Crippen molar-refractivity contribution in [2.24, 2.45) is 0 Å². The molecule has 3 nitrogen and oxygen atoms in total. The van der Waals surface area contributed by atoms with Gasteiger partial charge in [-0.25, -0.2) is 0 Å². The van der Waals surface area contributed by atoms with Crippen molar-refractivity contribution in [3.05, 3.63) is 34.2 Å². The maximum atomic E-state index is 11.2. The Bertz CT molecular complexity index is 578. The summed E-state index contributed by atoms with van der Waals surface area (Å²) in [6, 6.07) is 5.21. The van der Waals surface area contributed by atoms with E-state index in [1.54, 1.807) is 25.3 Å². The zero-order chi connectivity index (χ0) is 13.1. The Hall–Kier alpha value is -1.52. The Kier molecular flexibility index (Phi) is 3.89. The molecule has 1 heterocycles. The van der Waals surface area contributed by atoms with E-state index in [0.717, 1.165) is 16.7 Å². The lowest BCUT2D eigenvalue weighted by Crippen LogP contribution is -1.94. The minimum absolute atomic E-state index is 0.524. The molecule has 0 amide bonds. The lowest BCUT2D eigenvalue weighted by atomic mass is 10.1. The summed E-state index contributed by atoms with van der Waals surface area (Å²) in [6.07, 6.45) is 0.785. The van der Waals surface area contributed by atoms with Crippen LogP contribution in [0, 0.1) is 0 Å². The maximum Gasteiger partial charge on any atom is 0.161 e. The smallest absolute Gasteiger partial charge is 0.161 e. The van der Waals surface area contributed by atoms with Crippen LogP contribution in [-0.2, 0) is 0 Å². The van der Waals surface area contributed by atoms with E-state index in [2.05, 4.69) is 0 Å². The maximum absolute atomic E-state index is 11.2. The average Bonchev–Trinajstić information content (AvgIpc) is 2.83. The fourth-order valence-corrected chi connectivity index (χ4v) is 2.87. The predicted molar refractivity (Wildman–Crippen MR) is 73.3 cm³/mol. The summed E-state index contributed by atoms with van der Waals surface area (Å²) >= 11 is 7.57. The van der Waals surface area contributed by atoms with Gasteiger partial charge < -0.3 is 9.47 Å². The Labute approximate surface area is 114 Å². The molecule has 2 aromatic rings. The minimum atomic E-state index is 0.524. The molecule has 0 aliphatic rings. The molecule has 0 spiro atoms. The Morgan fingerprint density at radius 1 is 1.22 bits per heavy atom. The van der Waals surface area contributed by atoms with E-state index in [-0.39, 0.29) is 0 Å². The van der Waals surface area contributed by atoms with Crippen LogP contribution in [0.1, 0.15) is 10.4 Å². The van der Waals surface area contributed by atoms with Crippen molar-refractivity contribution in [3.63, 3.8) is 0 Å². The zero-order valence-electron chi connectivity index (χ0n) is 9.90. The van der Waals surface area contributed by atoms with E-state index < -0.39 is 0 Å². The normalized spacial score (nSPS) is 10.2. The molecule has 0 fully saturated rings. The number of carbonyl (C=O) groups is 1. The van der Waals surface area contributed by atoms with Crippen LogP contribution >= 0.6 is 22.9 Å². The standard InChI is InChI=1S/C13H11ClO3S/c1-16-11-5-8(7-15)9(6-12(11)17-2)13-10(14)3-4-18-13/h3-7H,1-2H3. The number of hydrogen-bond donors (Lipinski definition) is 0. The van der Waals surface area contributed by atoms with Gasteiger partial charge in [0.25, 0.3) is 0 Å². The number of hydrogen-bond acceptors (Lipinski definition) is 4. The molecule has 0 radical (unpaired) electrons. The number of halogens is 1. The summed E-state index contributed by atoms with van der Waals surface area (Å²) in [4.78, 5) is 12.0. The van der Waals surface area contributed by atoms with E-state index in [9.17, 15) is 4.79 Å². The molecule has 5 heteroatoms. The number of methoxy groups -OCH3 is 2. The third kappa shape index (κ3) is 2.21. The quantitative estimate of drug-likeness (QED) is 0.798. The molecular weight excluding hydrogens is 272 g/mol. The fraction of sp³-hybridized carbons (Fsp3) is 0.154. The van der Waals surface area contributed by atoms with Crippen LogP contribution in [0.15, 0.2) is 23.6 Å². The van der Waals surface area contributed by atoms with E-state index in [0.29, 0.717) is 22.1 Å². The van der Waals surface area contributed by atoms with Gasteiger partial charge in [-0.05, 0) is 23.6 Å². The van der Waals surface area contributed by atoms with Gasteiger partial charge in [0.2, 0.25) is 0 Å². The predicted octanol–water partition coefficient (Wildman–Crippen LogP) is 3.90. The molecule has 2 rings (SSSR count). The van der Waals surface area contributed by atoms with Gasteiger partial charge in [0, 0.05) is 11.1 Å².